The minimum absolute atomic E-state index is 0.0796. The van der Waals surface area contributed by atoms with Gasteiger partial charge >= 0.3 is 0 Å². The summed E-state index contributed by atoms with van der Waals surface area (Å²) in [6.45, 7) is 0. The van der Waals surface area contributed by atoms with Crippen LogP contribution in [0.5, 0.6) is 0 Å². The van der Waals surface area contributed by atoms with Crippen LogP contribution in [0.4, 0.5) is 34.1 Å². The van der Waals surface area contributed by atoms with Gasteiger partial charge in [0, 0.05) is 28.2 Å². The van der Waals surface area contributed by atoms with E-state index in [1.807, 2.05) is 0 Å². The number of hydrogen-bond acceptors (Lipinski definition) is 2. The van der Waals surface area contributed by atoms with Crippen molar-refractivity contribution in [2.24, 2.45) is 11.8 Å². The second-order valence-corrected chi connectivity index (χ2v) is 14.5. The molecule has 1 saturated carbocycles. The lowest BCUT2D eigenvalue weighted by molar-refractivity contribution is 0.350. The van der Waals surface area contributed by atoms with Gasteiger partial charge in [-0.1, -0.05) is 121 Å². The van der Waals surface area contributed by atoms with E-state index in [-0.39, 0.29) is 5.41 Å². The van der Waals surface area contributed by atoms with Crippen LogP contribution >= 0.6 is 0 Å². The minimum atomic E-state index is -0.0796. The summed E-state index contributed by atoms with van der Waals surface area (Å²) in [7, 11) is 0. The molecule has 7 aromatic carbocycles. The van der Waals surface area contributed by atoms with Crippen LogP contribution in [0.2, 0.25) is 0 Å². The lowest BCUT2D eigenvalue weighted by atomic mass is 9.68. The Labute approximate surface area is 301 Å². The van der Waals surface area contributed by atoms with E-state index in [1.54, 1.807) is 11.1 Å². The SMILES string of the molecule is c1ccc(-c2cccc(N(c3ccccc3)c3cccc4c3C35c6c(cccc6N(c6ccccc6)c6ccccc6)CC3CCC5C4)c2)cc1. The molecule has 51 heavy (non-hydrogen) atoms. The molecule has 3 atom stereocenters. The smallest absolute Gasteiger partial charge is 0.0505 e. The van der Waals surface area contributed by atoms with Crippen LogP contribution in [0.25, 0.3) is 11.1 Å². The van der Waals surface area contributed by atoms with Gasteiger partial charge in [-0.05, 0) is 132 Å². The molecular formula is C49H40N2. The van der Waals surface area contributed by atoms with Crippen LogP contribution in [-0.4, -0.2) is 0 Å². The van der Waals surface area contributed by atoms with Crippen LogP contribution in [0.15, 0.2) is 182 Å². The van der Waals surface area contributed by atoms with Gasteiger partial charge in [-0.15, -0.1) is 0 Å². The highest BCUT2D eigenvalue weighted by Gasteiger charge is 2.62. The van der Waals surface area contributed by atoms with E-state index < -0.39 is 0 Å². The molecule has 0 amide bonds. The maximum atomic E-state index is 2.55. The fourth-order valence-electron chi connectivity index (χ4n) is 10.1. The summed E-state index contributed by atoms with van der Waals surface area (Å²) in [6.07, 6.45) is 4.77. The highest BCUT2D eigenvalue weighted by molar-refractivity contribution is 5.87. The quantitative estimate of drug-likeness (QED) is 0.168. The fraction of sp³-hybridized carbons (Fsp3) is 0.143. The van der Waals surface area contributed by atoms with Crippen molar-refractivity contribution < 1.29 is 0 Å². The first-order chi connectivity index (χ1) is 25.3. The molecule has 3 aliphatic rings. The standard InChI is InChI=1S/C49H40N2/c1-5-16-35(17-6-1)36-18-13-27-44(34-36)51(43-25-11-4-12-26-43)46-29-15-20-38-33-40-31-30-39-32-37-19-14-28-45(47(37)49(39,40)48(38)46)50(41-21-7-2-8-22-41)42-23-9-3-10-24-42/h1-29,34,39-40H,30-33H2. The third-order valence-corrected chi connectivity index (χ3v) is 11.9. The first-order valence-electron chi connectivity index (χ1n) is 18.5. The lowest BCUT2D eigenvalue weighted by Gasteiger charge is -2.40. The van der Waals surface area contributed by atoms with Gasteiger partial charge in [-0.3, -0.25) is 0 Å². The molecule has 1 spiro atoms. The molecule has 2 nitrogen and oxygen atoms in total. The predicted octanol–water partition coefficient (Wildman–Crippen LogP) is 12.7. The average molecular weight is 657 g/mol. The second kappa shape index (κ2) is 12.2. The third-order valence-electron chi connectivity index (χ3n) is 11.9. The Bertz CT molecular complexity index is 2290. The van der Waals surface area contributed by atoms with Crippen molar-refractivity contribution in [3.8, 4) is 11.1 Å². The summed E-state index contributed by atoms with van der Waals surface area (Å²) < 4.78 is 0. The van der Waals surface area contributed by atoms with E-state index in [9.17, 15) is 0 Å². The number of benzene rings is 7. The van der Waals surface area contributed by atoms with Gasteiger partial charge in [-0.25, -0.2) is 0 Å². The van der Waals surface area contributed by atoms with E-state index >= 15 is 0 Å². The van der Waals surface area contributed by atoms with E-state index in [0.717, 1.165) is 12.8 Å². The van der Waals surface area contributed by atoms with Gasteiger partial charge in [0.15, 0.2) is 0 Å². The Balaban J connectivity index is 1.23. The zero-order chi connectivity index (χ0) is 33.8. The molecule has 0 aliphatic heterocycles. The van der Waals surface area contributed by atoms with Crippen LogP contribution in [0, 0.1) is 11.8 Å². The average Bonchev–Trinajstić information content (AvgIpc) is 3.83. The Hall–Kier alpha value is -5.86. The lowest BCUT2D eigenvalue weighted by Crippen LogP contribution is -2.34. The highest BCUT2D eigenvalue weighted by Crippen LogP contribution is 2.68. The number of fused-ring (bicyclic) bond motifs is 2. The monoisotopic (exact) mass is 656 g/mol. The molecule has 0 heterocycles. The maximum absolute atomic E-state index is 2.55. The maximum Gasteiger partial charge on any atom is 0.0505 e. The van der Waals surface area contributed by atoms with E-state index in [2.05, 4.69) is 192 Å². The van der Waals surface area contributed by atoms with Gasteiger partial charge in [0.1, 0.15) is 0 Å². The van der Waals surface area contributed by atoms with Crippen LogP contribution in [0.3, 0.4) is 0 Å². The summed E-state index contributed by atoms with van der Waals surface area (Å²) in [5.74, 6) is 1.12. The molecule has 0 saturated heterocycles. The van der Waals surface area contributed by atoms with Gasteiger partial charge in [0.05, 0.1) is 11.4 Å². The van der Waals surface area contributed by atoms with Crippen molar-refractivity contribution in [1.82, 2.24) is 0 Å². The first-order valence-corrected chi connectivity index (χ1v) is 18.5. The van der Waals surface area contributed by atoms with Crippen molar-refractivity contribution in [2.75, 3.05) is 9.80 Å². The number of para-hydroxylation sites is 3. The van der Waals surface area contributed by atoms with E-state index in [0.29, 0.717) is 11.8 Å². The first kappa shape index (κ1) is 30.0. The molecule has 3 aliphatic carbocycles. The Morgan fingerprint density at radius 3 is 1.25 bits per heavy atom. The molecule has 0 N–H and O–H groups in total. The zero-order valence-corrected chi connectivity index (χ0v) is 28.7. The molecule has 0 radical (unpaired) electrons. The Morgan fingerprint density at radius 2 is 0.765 bits per heavy atom. The van der Waals surface area contributed by atoms with Gasteiger partial charge in [0.25, 0.3) is 0 Å². The van der Waals surface area contributed by atoms with Crippen molar-refractivity contribution in [3.05, 3.63) is 204 Å². The zero-order valence-electron chi connectivity index (χ0n) is 28.7. The number of anilines is 6. The normalized spacial score (nSPS) is 19.5. The van der Waals surface area contributed by atoms with Gasteiger partial charge in [-0.2, -0.15) is 0 Å². The Morgan fingerprint density at radius 1 is 0.373 bits per heavy atom. The molecule has 0 aromatic heterocycles. The summed E-state index contributed by atoms with van der Waals surface area (Å²) in [6, 6.07) is 67.1. The third kappa shape index (κ3) is 4.70. The molecule has 1 fully saturated rings. The van der Waals surface area contributed by atoms with Crippen molar-refractivity contribution in [3.63, 3.8) is 0 Å². The number of nitrogens with zero attached hydrogens (tertiary/aromatic N) is 2. The second-order valence-electron chi connectivity index (χ2n) is 14.5. The predicted molar refractivity (Wildman–Crippen MR) is 212 cm³/mol. The Kier molecular flexibility index (Phi) is 7.16. The van der Waals surface area contributed by atoms with Crippen LogP contribution in [-0.2, 0) is 18.3 Å². The van der Waals surface area contributed by atoms with Gasteiger partial charge < -0.3 is 9.80 Å². The fourth-order valence-corrected chi connectivity index (χ4v) is 10.1. The topological polar surface area (TPSA) is 6.48 Å². The number of rotatable bonds is 7. The highest BCUT2D eigenvalue weighted by atomic mass is 15.2. The van der Waals surface area contributed by atoms with Crippen molar-refractivity contribution in [1.29, 1.82) is 0 Å². The molecule has 246 valence electrons. The molecule has 2 heteroatoms. The van der Waals surface area contributed by atoms with Gasteiger partial charge in [0.2, 0.25) is 0 Å². The van der Waals surface area contributed by atoms with Crippen molar-refractivity contribution in [2.45, 2.75) is 31.1 Å². The molecule has 7 aromatic rings. The molecule has 0 bridgehead atoms. The van der Waals surface area contributed by atoms with E-state index in [4.69, 9.17) is 0 Å². The summed E-state index contributed by atoms with van der Waals surface area (Å²) >= 11 is 0. The molecular weight excluding hydrogens is 617 g/mol. The minimum Gasteiger partial charge on any atom is -0.310 e. The van der Waals surface area contributed by atoms with Crippen LogP contribution in [0.1, 0.15) is 35.1 Å². The molecule has 10 rings (SSSR count). The van der Waals surface area contributed by atoms with E-state index in [1.165, 1.54) is 69.2 Å². The van der Waals surface area contributed by atoms with Crippen LogP contribution < -0.4 is 9.80 Å². The summed E-state index contributed by atoms with van der Waals surface area (Å²) in [5.41, 5.74) is 15.9. The molecule has 3 unspecified atom stereocenters. The summed E-state index contributed by atoms with van der Waals surface area (Å²) in [5, 5.41) is 0. The number of hydrogen-bond donors (Lipinski definition) is 0. The summed E-state index contributed by atoms with van der Waals surface area (Å²) in [4.78, 5) is 5.06. The van der Waals surface area contributed by atoms with Crippen molar-refractivity contribution >= 4 is 34.1 Å². The largest absolute Gasteiger partial charge is 0.310 e.